The second-order valence-corrected chi connectivity index (χ2v) is 6.13. The largest absolute Gasteiger partial charge is 0.389 e. The van der Waals surface area contributed by atoms with Crippen molar-refractivity contribution in [1.82, 2.24) is 10.5 Å². The SMILES string of the molecule is Cc1noc(C)c1C(C)NCC(O)COCCCC(C)C. The van der Waals surface area contributed by atoms with Gasteiger partial charge in [-0.3, -0.25) is 0 Å². The van der Waals surface area contributed by atoms with Crippen LogP contribution in [-0.4, -0.2) is 36.1 Å². The topological polar surface area (TPSA) is 67.5 Å². The molecule has 5 nitrogen and oxygen atoms in total. The number of nitrogens with one attached hydrogen (secondary N) is 1. The lowest BCUT2D eigenvalue weighted by molar-refractivity contribution is 0.0337. The molecule has 0 aliphatic heterocycles. The van der Waals surface area contributed by atoms with E-state index in [9.17, 15) is 5.11 Å². The maximum Gasteiger partial charge on any atom is 0.138 e. The number of aromatic nitrogens is 1. The fourth-order valence-corrected chi connectivity index (χ4v) is 2.40. The van der Waals surface area contributed by atoms with E-state index in [-0.39, 0.29) is 6.04 Å². The van der Waals surface area contributed by atoms with Crippen LogP contribution in [0.5, 0.6) is 0 Å². The first-order chi connectivity index (χ1) is 9.91. The summed E-state index contributed by atoms with van der Waals surface area (Å²) in [5.41, 5.74) is 1.96. The summed E-state index contributed by atoms with van der Waals surface area (Å²) in [5.74, 6) is 1.53. The van der Waals surface area contributed by atoms with Crippen molar-refractivity contribution in [3.05, 3.63) is 17.0 Å². The van der Waals surface area contributed by atoms with E-state index in [1.807, 2.05) is 20.8 Å². The molecule has 0 radical (unpaired) electrons. The highest BCUT2D eigenvalue weighted by molar-refractivity contribution is 5.24. The summed E-state index contributed by atoms with van der Waals surface area (Å²) >= 11 is 0. The maximum atomic E-state index is 9.92. The van der Waals surface area contributed by atoms with E-state index in [0.717, 1.165) is 29.9 Å². The van der Waals surface area contributed by atoms with E-state index in [2.05, 4.69) is 24.3 Å². The Balaban J connectivity index is 2.19. The van der Waals surface area contributed by atoms with Gasteiger partial charge in [-0.15, -0.1) is 0 Å². The number of nitrogens with zero attached hydrogens (tertiary/aromatic N) is 1. The second kappa shape index (κ2) is 9.18. The summed E-state index contributed by atoms with van der Waals surface area (Å²) in [4.78, 5) is 0. The van der Waals surface area contributed by atoms with Gasteiger partial charge < -0.3 is 19.7 Å². The molecule has 1 heterocycles. The van der Waals surface area contributed by atoms with Crippen molar-refractivity contribution in [3.8, 4) is 0 Å². The Labute approximate surface area is 128 Å². The molecule has 1 rings (SSSR count). The standard InChI is InChI=1S/C16H30N2O3/c1-11(2)7-6-8-20-10-15(19)9-17-12(3)16-13(4)18-21-14(16)5/h11-12,15,17,19H,6-10H2,1-5H3. The molecule has 2 unspecified atom stereocenters. The first-order valence-corrected chi connectivity index (χ1v) is 7.83. The third kappa shape index (κ3) is 6.59. The Kier molecular flexibility index (Phi) is 7.93. The fourth-order valence-electron chi connectivity index (χ4n) is 2.40. The zero-order valence-electron chi connectivity index (χ0n) is 14.0. The molecule has 0 saturated heterocycles. The molecule has 0 aromatic carbocycles. The van der Waals surface area contributed by atoms with Gasteiger partial charge >= 0.3 is 0 Å². The van der Waals surface area contributed by atoms with Crippen molar-refractivity contribution in [2.75, 3.05) is 19.8 Å². The third-order valence-electron chi connectivity index (χ3n) is 3.56. The molecular weight excluding hydrogens is 268 g/mol. The van der Waals surface area contributed by atoms with Gasteiger partial charge in [-0.25, -0.2) is 0 Å². The summed E-state index contributed by atoms with van der Waals surface area (Å²) in [6.45, 7) is 11.9. The molecule has 5 heteroatoms. The highest BCUT2D eigenvalue weighted by atomic mass is 16.5. The van der Waals surface area contributed by atoms with Crippen LogP contribution in [0.4, 0.5) is 0 Å². The number of ether oxygens (including phenoxy) is 1. The predicted molar refractivity (Wildman–Crippen MR) is 83.3 cm³/mol. The maximum absolute atomic E-state index is 9.92. The van der Waals surface area contributed by atoms with Gasteiger partial charge in [-0.1, -0.05) is 19.0 Å². The lowest BCUT2D eigenvalue weighted by atomic mass is 10.1. The number of aryl methyl sites for hydroxylation is 2. The van der Waals surface area contributed by atoms with Crippen LogP contribution < -0.4 is 5.32 Å². The number of aliphatic hydroxyl groups is 1. The van der Waals surface area contributed by atoms with Crippen molar-refractivity contribution >= 4 is 0 Å². The number of hydrogen-bond donors (Lipinski definition) is 2. The van der Waals surface area contributed by atoms with Crippen molar-refractivity contribution in [3.63, 3.8) is 0 Å². The highest BCUT2D eigenvalue weighted by Gasteiger charge is 2.17. The highest BCUT2D eigenvalue weighted by Crippen LogP contribution is 2.20. The lowest BCUT2D eigenvalue weighted by Crippen LogP contribution is -2.32. The van der Waals surface area contributed by atoms with Crippen LogP contribution in [0.25, 0.3) is 0 Å². The van der Waals surface area contributed by atoms with Crippen LogP contribution in [0.15, 0.2) is 4.52 Å². The molecule has 2 atom stereocenters. The molecule has 0 bridgehead atoms. The molecular formula is C16H30N2O3. The first-order valence-electron chi connectivity index (χ1n) is 7.83. The Morgan fingerprint density at radius 3 is 2.57 bits per heavy atom. The summed E-state index contributed by atoms with van der Waals surface area (Å²) in [5, 5.41) is 17.2. The molecule has 0 aliphatic rings. The van der Waals surface area contributed by atoms with E-state index in [4.69, 9.17) is 9.26 Å². The number of rotatable bonds is 10. The van der Waals surface area contributed by atoms with Crippen molar-refractivity contribution in [2.24, 2.45) is 5.92 Å². The quantitative estimate of drug-likeness (QED) is 0.650. The average molecular weight is 298 g/mol. The van der Waals surface area contributed by atoms with Crippen LogP contribution in [0.1, 0.15) is 56.7 Å². The fraction of sp³-hybridized carbons (Fsp3) is 0.812. The van der Waals surface area contributed by atoms with E-state index < -0.39 is 6.10 Å². The van der Waals surface area contributed by atoms with E-state index >= 15 is 0 Å². The molecule has 0 spiro atoms. The average Bonchev–Trinajstić information content (AvgIpc) is 2.75. The summed E-state index contributed by atoms with van der Waals surface area (Å²) in [6, 6.07) is 0.104. The zero-order chi connectivity index (χ0) is 15.8. The van der Waals surface area contributed by atoms with Crippen LogP contribution in [0, 0.1) is 19.8 Å². The Morgan fingerprint density at radius 1 is 1.29 bits per heavy atom. The van der Waals surface area contributed by atoms with Gasteiger partial charge in [-0.05, 0) is 39.5 Å². The minimum Gasteiger partial charge on any atom is -0.389 e. The van der Waals surface area contributed by atoms with Gasteiger partial charge in [-0.2, -0.15) is 0 Å². The van der Waals surface area contributed by atoms with Crippen LogP contribution in [0.3, 0.4) is 0 Å². The Morgan fingerprint density at radius 2 is 2.00 bits per heavy atom. The minimum absolute atomic E-state index is 0.104. The summed E-state index contributed by atoms with van der Waals surface area (Å²) in [6.07, 6.45) is 1.72. The summed E-state index contributed by atoms with van der Waals surface area (Å²) in [7, 11) is 0. The number of hydrogen-bond acceptors (Lipinski definition) is 5. The van der Waals surface area contributed by atoms with Crippen LogP contribution in [-0.2, 0) is 4.74 Å². The molecule has 0 amide bonds. The monoisotopic (exact) mass is 298 g/mol. The van der Waals surface area contributed by atoms with Crippen LogP contribution >= 0.6 is 0 Å². The molecule has 2 N–H and O–H groups in total. The number of aliphatic hydroxyl groups excluding tert-OH is 1. The summed E-state index contributed by atoms with van der Waals surface area (Å²) < 4.78 is 10.7. The minimum atomic E-state index is -0.494. The van der Waals surface area contributed by atoms with Gasteiger partial charge in [0.15, 0.2) is 0 Å². The smallest absolute Gasteiger partial charge is 0.138 e. The molecule has 21 heavy (non-hydrogen) atoms. The first kappa shape index (κ1) is 18.1. The molecule has 0 saturated carbocycles. The normalized spacial score (nSPS) is 14.6. The molecule has 1 aromatic rings. The predicted octanol–water partition coefficient (Wildman–Crippen LogP) is 2.76. The van der Waals surface area contributed by atoms with Gasteiger partial charge in [0, 0.05) is 24.8 Å². The van der Waals surface area contributed by atoms with Gasteiger partial charge in [0.2, 0.25) is 0 Å². The van der Waals surface area contributed by atoms with Crippen molar-refractivity contribution < 1.29 is 14.4 Å². The zero-order valence-corrected chi connectivity index (χ0v) is 14.0. The molecule has 0 fully saturated rings. The van der Waals surface area contributed by atoms with Crippen molar-refractivity contribution in [1.29, 1.82) is 0 Å². The van der Waals surface area contributed by atoms with Gasteiger partial charge in [0.1, 0.15) is 5.76 Å². The van der Waals surface area contributed by atoms with Gasteiger partial charge in [0.05, 0.1) is 18.4 Å². The van der Waals surface area contributed by atoms with E-state index in [1.165, 1.54) is 0 Å². The Hall–Kier alpha value is -0.910. The molecule has 1 aromatic heterocycles. The van der Waals surface area contributed by atoms with Crippen molar-refractivity contribution in [2.45, 2.75) is 59.6 Å². The molecule has 0 aliphatic carbocycles. The third-order valence-corrected chi connectivity index (χ3v) is 3.56. The van der Waals surface area contributed by atoms with Crippen LogP contribution in [0.2, 0.25) is 0 Å². The van der Waals surface area contributed by atoms with E-state index in [0.29, 0.717) is 25.7 Å². The molecule has 122 valence electrons. The van der Waals surface area contributed by atoms with E-state index in [1.54, 1.807) is 0 Å². The Bertz CT molecular complexity index is 385. The van der Waals surface area contributed by atoms with Gasteiger partial charge in [0.25, 0.3) is 0 Å². The second-order valence-electron chi connectivity index (χ2n) is 6.13. The lowest BCUT2D eigenvalue weighted by Gasteiger charge is -2.17.